The summed E-state index contributed by atoms with van der Waals surface area (Å²) in [5, 5.41) is 3.93. The summed E-state index contributed by atoms with van der Waals surface area (Å²) < 4.78 is 10.5. The Kier molecular flexibility index (Phi) is 7.17. The van der Waals surface area contributed by atoms with E-state index in [4.69, 9.17) is 9.47 Å². The second-order valence-corrected chi connectivity index (χ2v) is 4.33. The second kappa shape index (κ2) is 8.96. The minimum absolute atomic E-state index is 0.0966. The SMILES string of the molecule is CCC(/C=N\NC(=O)COc1ccccc1OC)CC. The van der Waals surface area contributed by atoms with E-state index in [0.717, 1.165) is 12.8 Å². The molecule has 0 unspecified atom stereocenters. The van der Waals surface area contributed by atoms with Crippen molar-refractivity contribution in [2.24, 2.45) is 11.0 Å². The first-order chi connectivity index (χ1) is 9.71. The van der Waals surface area contributed by atoms with Crippen molar-refractivity contribution in [1.82, 2.24) is 5.43 Å². The lowest BCUT2D eigenvalue weighted by molar-refractivity contribution is -0.123. The molecular formula is C15H22N2O3. The molecule has 1 aromatic rings. The maximum Gasteiger partial charge on any atom is 0.277 e. The molecule has 0 fully saturated rings. The number of nitrogens with zero attached hydrogens (tertiary/aromatic N) is 1. The fourth-order valence-corrected chi connectivity index (χ4v) is 1.63. The Morgan fingerprint density at radius 1 is 1.30 bits per heavy atom. The summed E-state index contributed by atoms with van der Waals surface area (Å²) in [6, 6.07) is 7.19. The summed E-state index contributed by atoms with van der Waals surface area (Å²) in [7, 11) is 1.56. The first-order valence-electron chi connectivity index (χ1n) is 6.79. The number of amides is 1. The van der Waals surface area contributed by atoms with Crippen LogP contribution in [0.25, 0.3) is 0 Å². The molecule has 0 saturated heterocycles. The lowest BCUT2D eigenvalue weighted by atomic mass is 10.1. The van der Waals surface area contributed by atoms with Gasteiger partial charge in [0.1, 0.15) is 0 Å². The highest BCUT2D eigenvalue weighted by Gasteiger charge is 2.06. The number of rotatable bonds is 8. The van der Waals surface area contributed by atoms with Gasteiger partial charge in [0.25, 0.3) is 5.91 Å². The molecular weight excluding hydrogens is 256 g/mol. The molecule has 1 N–H and O–H groups in total. The minimum Gasteiger partial charge on any atom is -0.493 e. The number of para-hydroxylation sites is 2. The Morgan fingerprint density at radius 3 is 2.55 bits per heavy atom. The van der Waals surface area contributed by atoms with E-state index < -0.39 is 0 Å². The number of carbonyl (C=O) groups is 1. The third-order valence-corrected chi connectivity index (χ3v) is 2.95. The van der Waals surface area contributed by atoms with Gasteiger partial charge in [-0.2, -0.15) is 5.10 Å². The Morgan fingerprint density at radius 2 is 1.95 bits per heavy atom. The number of benzene rings is 1. The summed E-state index contributed by atoms with van der Waals surface area (Å²) in [5.74, 6) is 1.23. The van der Waals surface area contributed by atoms with Crippen LogP contribution in [0.3, 0.4) is 0 Å². The van der Waals surface area contributed by atoms with Crippen LogP contribution in [0.4, 0.5) is 0 Å². The topological polar surface area (TPSA) is 59.9 Å². The van der Waals surface area contributed by atoms with Gasteiger partial charge < -0.3 is 9.47 Å². The minimum atomic E-state index is -0.293. The molecule has 0 radical (unpaired) electrons. The number of methoxy groups -OCH3 is 1. The molecule has 1 aromatic carbocycles. The molecule has 0 bridgehead atoms. The van der Waals surface area contributed by atoms with E-state index in [2.05, 4.69) is 24.4 Å². The van der Waals surface area contributed by atoms with E-state index in [9.17, 15) is 4.79 Å². The monoisotopic (exact) mass is 278 g/mol. The maximum absolute atomic E-state index is 11.6. The van der Waals surface area contributed by atoms with Crippen LogP contribution in [-0.4, -0.2) is 25.8 Å². The van der Waals surface area contributed by atoms with Gasteiger partial charge >= 0.3 is 0 Å². The Bertz CT molecular complexity index is 442. The van der Waals surface area contributed by atoms with Gasteiger partial charge in [-0.15, -0.1) is 0 Å². The number of hydrogen-bond acceptors (Lipinski definition) is 4. The Balaban J connectivity index is 2.40. The van der Waals surface area contributed by atoms with Gasteiger partial charge in [-0.3, -0.25) is 4.79 Å². The highest BCUT2D eigenvalue weighted by atomic mass is 16.5. The second-order valence-electron chi connectivity index (χ2n) is 4.33. The first-order valence-corrected chi connectivity index (χ1v) is 6.79. The zero-order valence-corrected chi connectivity index (χ0v) is 12.3. The van der Waals surface area contributed by atoms with E-state index in [1.165, 1.54) is 0 Å². The molecule has 0 aliphatic carbocycles. The van der Waals surface area contributed by atoms with Crippen LogP contribution in [0.2, 0.25) is 0 Å². The van der Waals surface area contributed by atoms with E-state index in [1.807, 2.05) is 12.1 Å². The van der Waals surface area contributed by atoms with Gasteiger partial charge in [0.2, 0.25) is 0 Å². The predicted molar refractivity (Wildman–Crippen MR) is 79.2 cm³/mol. The number of ether oxygens (including phenoxy) is 2. The van der Waals surface area contributed by atoms with Crippen molar-refractivity contribution >= 4 is 12.1 Å². The largest absolute Gasteiger partial charge is 0.493 e. The zero-order valence-electron chi connectivity index (χ0n) is 12.3. The average Bonchev–Trinajstić information content (AvgIpc) is 2.49. The molecule has 1 rings (SSSR count). The van der Waals surface area contributed by atoms with Gasteiger partial charge in [0, 0.05) is 6.21 Å². The standard InChI is InChI=1S/C15H22N2O3/c1-4-12(5-2)10-16-17-15(18)11-20-14-9-7-6-8-13(14)19-3/h6-10,12H,4-5,11H2,1-3H3,(H,17,18)/b16-10-. The van der Waals surface area contributed by atoms with Crippen LogP contribution in [0.1, 0.15) is 26.7 Å². The van der Waals surface area contributed by atoms with Crippen molar-refractivity contribution in [2.75, 3.05) is 13.7 Å². The molecule has 5 heteroatoms. The average molecular weight is 278 g/mol. The first kappa shape index (κ1) is 16.0. The van der Waals surface area contributed by atoms with Crippen molar-refractivity contribution in [3.05, 3.63) is 24.3 Å². The molecule has 5 nitrogen and oxygen atoms in total. The van der Waals surface area contributed by atoms with Crippen molar-refractivity contribution in [3.63, 3.8) is 0 Å². The van der Waals surface area contributed by atoms with Crippen molar-refractivity contribution in [2.45, 2.75) is 26.7 Å². The molecule has 0 aromatic heterocycles. The number of hydrogen-bond donors (Lipinski definition) is 1. The molecule has 1 amide bonds. The third kappa shape index (κ3) is 5.30. The fraction of sp³-hybridized carbons (Fsp3) is 0.467. The Hall–Kier alpha value is -2.04. The number of hydrazone groups is 1. The van der Waals surface area contributed by atoms with Crippen LogP contribution in [-0.2, 0) is 4.79 Å². The lowest BCUT2D eigenvalue weighted by Gasteiger charge is -2.09. The van der Waals surface area contributed by atoms with E-state index in [1.54, 1.807) is 25.5 Å². The normalized spacial score (nSPS) is 10.8. The van der Waals surface area contributed by atoms with Gasteiger partial charge in [-0.25, -0.2) is 5.43 Å². The zero-order chi connectivity index (χ0) is 14.8. The van der Waals surface area contributed by atoms with E-state index in [0.29, 0.717) is 17.4 Å². The molecule has 20 heavy (non-hydrogen) atoms. The quantitative estimate of drug-likeness (QED) is 0.587. The Labute approximate surface area is 120 Å². The lowest BCUT2D eigenvalue weighted by Crippen LogP contribution is -2.25. The van der Waals surface area contributed by atoms with E-state index >= 15 is 0 Å². The van der Waals surface area contributed by atoms with Crippen LogP contribution in [0.15, 0.2) is 29.4 Å². The fourth-order valence-electron chi connectivity index (χ4n) is 1.63. The van der Waals surface area contributed by atoms with Crippen molar-refractivity contribution in [3.8, 4) is 11.5 Å². The summed E-state index contributed by atoms with van der Waals surface area (Å²) in [6.45, 7) is 4.08. The molecule has 0 aliphatic rings. The van der Waals surface area contributed by atoms with Gasteiger partial charge in [-0.1, -0.05) is 26.0 Å². The molecule has 0 atom stereocenters. The summed E-state index contributed by atoms with van der Waals surface area (Å²) in [5.41, 5.74) is 2.45. The highest BCUT2D eigenvalue weighted by Crippen LogP contribution is 2.25. The van der Waals surface area contributed by atoms with E-state index in [-0.39, 0.29) is 12.5 Å². The highest BCUT2D eigenvalue weighted by molar-refractivity contribution is 5.78. The molecule has 0 aliphatic heterocycles. The van der Waals surface area contributed by atoms with Gasteiger partial charge in [-0.05, 0) is 30.9 Å². The third-order valence-electron chi connectivity index (χ3n) is 2.95. The van der Waals surface area contributed by atoms with Crippen LogP contribution in [0.5, 0.6) is 11.5 Å². The molecule has 0 saturated carbocycles. The molecule has 110 valence electrons. The summed E-state index contributed by atoms with van der Waals surface area (Å²) in [4.78, 5) is 11.6. The van der Waals surface area contributed by atoms with Crippen LogP contribution < -0.4 is 14.9 Å². The van der Waals surface area contributed by atoms with Crippen LogP contribution >= 0.6 is 0 Å². The van der Waals surface area contributed by atoms with Crippen molar-refractivity contribution in [1.29, 1.82) is 0 Å². The van der Waals surface area contributed by atoms with Gasteiger partial charge in [0.05, 0.1) is 7.11 Å². The van der Waals surface area contributed by atoms with Gasteiger partial charge in [0.15, 0.2) is 18.1 Å². The number of nitrogens with one attached hydrogen (secondary N) is 1. The molecule has 0 heterocycles. The maximum atomic E-state index is 11.6. The van der Waals surface area contributed by atoms with Crippen LogP contribution in [0, 0.1) is 5.92 Å². The summed E-state index contributed by atoms with van der Waals surface area (Å²) >= 11 is 0. The van der Waals surface area contributed by atoms with Crippen molar-refractivity contribution < 1.29 is 14.3 Å². The number of carbonyl (C=O) groups excluding carboxylic acids is 1. The smallest absolute Gasteiger partial charge is 0.277 e. The molecule has 0 spiro atoms. The summed E-state index contributed by atoms with van der Waals surface area (Å²) in [6.07, 6.45) is 3.78. The predicted octanol–water partition coefficient (Wildman–Crippen LogP) is 2.61.